The summed E-state index contributed by atoms with van der Waals surface area (Å²) >= 11 is 0. The summed E-state index contributed by atoms with van der Waals surface area (Å²) in [6, 6.07) is 11.4. The van der Waals surface area contributed by atoms with Gasteiger partial charge in [0.1, 0.15) is 11.5 Å². The number of carbonyl (C=O) groups excluding carboxylic acids is 2. The first kappa shape index (κ1) is 15.9. The molecule has 0 spiro atoms. The fourth-order valence-corrected chi connectivity index (χ4v) is 3.85. The highest BCUT2D eigenvalue weighted by Crippen LogP contribution is 2.35. The summed E-state index contributed by atoms with van der Waals surface area (Å²) in [4.78, 5) is 29.0. The van der Waals surface area contributed by atoms with Crippen LogP contribution in [-0.2, 0) is 9.59 Å². The van der Waals surface area contributed by atoms with Gasteiger partial charge >= 0.3 is 0 Å². The van der Waals surface area contributed by atoms with Crippen molar-refractivity contribution in [3.8, 4) is 0 Å². The number of benzene rings is 1. The lowest BCUT2D eigenvalue weighted by atomic mass is 10.1. The lowest BCUT2D eigenvalue weighted by Crippen LogP contribution is -2.37. The Morgan fingerprint density at radius 1 is 1.28 bits per heavy atom. The van der Waals surface area contributed by atoms with Gasteiger partial charge in [0, 0.05) is 31.3 Å². The molecule has 0 radical (unpaired) electrons. The van der Waals surface area contributed by atoms with Crippen LogP contribution in [0, 0.1) is 12.8 Å². The van der Waals surface area contributed by atoms with Crippen molar-refractivity contribution >= 4 is 17.5 Å². The molecule has 0 unspecified atom stereocenters. The van der Waals surface area contributed by atoms with Crippen LogP contribution in [0.4, 0.5) is 5.69 Å². The van der Waals surface area contributed by atoms with Gasteiger partial charge in [-0.3, -0.25) is 9.59 Å². The van der Waals surface area contributed by atoms with Crippen LogP contribution >= 0.6 is 0 Å². The van der Waals surface area contributed by atoms with Crippen LogP contribution in [0.5, 0.6) is 0 Å². The Balaban J connectivity index is 1.50. The number of anilines is 1. The van der Waals surface area contributed by atoms with Crippen molar-refractivity contribution in [2.45, 2.75) is 32.2 Å². The molecule has 2 fully saturated rings. The lowest BCUT2D eigenvalue weighted by Gasteiger charge is -2.26. The molecule has 2 aliphatic heterocycles. The molecular formula is C19H21N3O3. The first-order valence-electron chi connectivity index (χ1n) is 8.72. The molecule has 2 aromatic rings. The Bertz CT molecular complexity index is 786. The Morgan fingerprint density at radius 2 is 2.08 bits per heavy atom. The van der Waals surface area contributed by atoms with Gasteiger partial charge in [-0.1, -0.05) is 23.4 Å². The van der Waals surface area contributed by atoms with Crippen molar-refractivity contribution in [2.24, 2.45) is 5.92 Å². The van der Waals surface area contributed by atoms with E-state index in [-0.39, 0.29) is 30.2 Å². The molecule has 6 heteroatoms. The number of rotatable bonds is 3. The average molecular weight is 339 g/mol. The predicted molar refractivity (Wildman–Crippen MR) is 91.8 cm³/mol. The number of carbonyl (C=O) groups is 2. The largest absolute Gasteiger partial charge is 0.361 e. The number of aryl methyl sites for hydroxylation is 1. The first-order chi connectivity index (χ1) is 12.1. The zero-order chi connectivity index (χ0) is 17.4. The van der Waals surface area contributed by atoms with Crippen LogP contribution in [0.25, 0.3) is 0 Å². The first-order valence-corrected chi connectivity index (χ1v) is 8.72. The van der Waals surface area contributed by atoms with Crippen molar-refractivity contribution in [2.75, 3.05) is 18.0 Å². The molecule has 0 aliphatic carbocycles. The van der Waals surface area contributed by atoms with E-state index in [1.54, 1.807) is 4.90 Å². The van der Waals surface area contributed by atoms with Crippen LogP contribution in [-0.4, -0.2) is 35.0 Å². The fraction of sp³-hybridized carbons (Fsp3) is 0.421. The van der Waals surface area contributed by atoms with Gasteiger partial charge in [-0.15, -0.1) is 0 Å². The predicted octanol–water partition coefficient (Wildman–Crippen LogP) is 2.70. The normalized spacial score (nSPS) is 23.5. The Kier molecular flexibility index (Phi) is 4.03. The third kappa shape index (κ3) is 2.92. The summed E-state index contributed by atoms with van der Waals surface area (Å²) in [7, 11) is 0. The minimum absolute atomic E-state index is 0.0116. The molecule has 1 aromatic carbocycles. The van der Waals surface area contributed by atoms with Crippen LogP contribution in [0.1, 0.15) is 36.8 Å². The van der Waals surface area contributed by atoms with Crippen molar-refractivity contribution in [1.29, 1.82) is 0 Å². The van der Waals surface area contributed by atoms with E-state index in [0.717, 1.165) is 30.0 Å². The second kappa shape index (κ2) is 6.35. The van der Waals surface area contributed by atoms with E-state index in [9.17, 15) is 9.59 Å². The van der Waals surface area contributed by atoms with E-state index < -0.39 is 0 Å². The summed E-state index contributed by atoms with van der Waals surface area (Å²) in [6.07, 6.45) is 2.11. The minimum atomic E-state index is -0.290. The summed E-state index contributed by atoms with van der Waals surface area (Å²) in [5.74, 6) is 0.523. The quantitative estimate of drug-likeness (QED) is 0.862. The van der Waals surface area contributed by atoms with Crippen molar-refractivity contribution in [3.05, 3.63) is 47.9 Å². The maximum atomic E-state index is 13.0. The topological polar surface area (TPSA) is 66.7 Å². The number of likely N-dealkylation sites (tertiary alicyclic amines) is 1. The molecule has 2 amide bonds. The van der Waals surface area contributed by atoms with E-state index in [1.165, 1.54) is 0 Å². The van der Waals surface area contributed by atoms with Gasteiger partial charge in [-0.05, 0) is 31.9 Å². The molecule has 2 atom stereocenters. The summed E-state index contributed by atoms with van der Waals surface area (Å²) in [5, 5.41) is 4.09. The maximum Gasteiger partial charge on any atom is 0.228 e. The van der Waals surface area contributed by atoms with E-state index in [1.807, 2.05) is 48.2 Å². The molecule has 2 aliphatic rings. The maximum absolute atomic E-state index is 13.0. The third-order valence-corrected chi connectivity index (χ3v) is 5.07. The highest BCUT2D eigenvalue weighted by Gasteiger charge is 2.41. The highest BCUT2D eigenvalue weighted by molar-refractivity contribution is 6.00. The zero-order valence-electron chi connectivity index (χ0n) is 14.2. The van der Waals surface area contributed by atoms with Gasteiger partial charge in [0.2, 0.25) is 11.8 Å². The molecule has 0 N–H and O–H groups in total. The van der Waals surface area contributed by atoms with Crippen molar-refractivity contribution in [3.63, 3.8) is 0 Å². The van der Waals surface area contributed by atoms with Crippen LogP contribution in [0.3, 0.4) is 0 Å². The minimum Gasteiger partial charge on any atom is -0.361 e. The lowest BCUT2D eigenvalue weighted by molar-refractivity contribution is -0.136. The Hall–Kier alpha value is -2.63. The fourth-order valence-electron chi connectivity index (χ4n) is 3.85. The van der Waals surface area contributed by atoms with Gasteiger partial charge in [-0.25, -0.2) is 0 Å². The van der Waals surface area contributed by atoms with Crippen LogP contribution in [0.15, 0.2) is 40.9 Å². The monoisotopic (exact) mass is 339 g/mol. The zero-order valence-corrected chi connectivity index (χ0v) is 14.2. The number of amides is 2. The van der Waals surface area contributed by atoms with Gasteiger partial charge < -0.3 is 14.3 Å². The van der Waals surface area contributed by atoms with Gasteiger partial charge in [0.25, 0.3) is 0 Å². The Labute approximate surface area is 146 Å². The number of hydrogen-bond donors (Lipinski definition) is 0. The molecule has 0 saturated carbocycles. The van der Waals surface area contributed by atoms with Crippen LogP contribution in [0.2, 0.25) is 0 Å². The highest BCUT2D eigenvalue weighted by atomic mass is 16.5. The summed E-state index contributed by atoms with van der Waals surface area (Å²) in [5.41, 5.74) is 1.67. The third-order valence-electron chi connectivity index (χ3n) is 5.07. The van der Waals surface area contributed by atoms with E-state index in [2.05, 4.69) is 5.16 Å². The molecule has 6 nitrogen and oxygen atoms in total. The molecule has 4 rings (SSSR count). The number of para-hydroxylation sites is 1. The second-order valence-corrected chi connectivity index (χ2v) is 6.79. The van der Waals surface area contributed by atoms with E-state index in [4.69, 9.17) is 4.52 Å². The summed E-state index contributed by atoms with van der Waals surface area (Å²) < 4.78 is 5.17. The smallest absolute Gasteiger partial charge is 0.228 e. The van der Waals surface area contributed by atoms with E-state index >= 15 is 0 Å². The molecule has 1 aromatic heterocycles. The van der Waals surface area contributed by atoms with Crippen LogP contribution < -0.4 is 4.90 Å². The van der Waals surface area contributed by atoms with Gasteiger partial charge in [-0.2, -0.15) is 0 Å². The molecule has 0 bridgehead atoms. The van der Waals surface area contributed by atoms with E-state index in [0.29, 0.717) is 13.1 Å². The molecule has 3 heterocycles. The van der Waals surface area contributed by atoms with Crippen molar-refractivity contribution < 1.29 is 14.1 Å². The average Bonchev–Trinajstić information content (AvgIpc) is 3.34. The van der Waals surface area contributed by atoms with Crippen molar-refractivity contribution in [1.82, 2.24) is 10.1 Å². The van der Waals surface area contributed by atoms with Gasteiger partial charge in [0.05, 0.1) is 12.0 Å². The van der Waals surface area contributed by atoms with Gasteiger partial charge in [0.15, 0.2) is 0 Å². The SMILES string of the molecule is Cc1cc([C@H]2CCCN2C(=O)[C@@H]2CC(=O)N(c3ccccc3)C2)no1. The standard InChI is InChI=1S/C19H21N3O3/c1-13-10-16(20-25-13)17-8-5-9-21(17)19(24)14-11-18(23)22(12-14)15-6-3-2-4-7-15/h2-4,6-7,10,14,17H,5,8-9,11-12H2,1H3/t14-,17-/m1/s1. The molecule has 25 heavy (non-hydrogen) atoms. The Morgan fingerprint density at radius 3 is 2.80 bits per heavy atom. The number of hydrogen-bond acceptors (Lipinski definition) is 4. The number of aromatic nitrogens is 1. The molecule has 2 saturated heterocycles. The molecular weight excluding hydrogens is 318 g/mol. The second-order valence-electron chi connectivity index (χ2n) is 6.79. The summed E-state index contributed by atoms with van der Waals surface area (Å²) in [6.45, 7) is 3.01. The molecule has 130 valence electrons. The number of nitrogens with zero attached hydrogens (tertiary/aromatic N) is 3.